The summed E-state index contributed by atoms with van der Waals surface area (Å²) in [6.45, 7) is 2.84. The molecule has 1 aliphatic heterocycles. The third-order valence-electron chi connectivity index (χ3n) is 4.91. The number of rotatable bonds is 4. The van der Waals surface area contributed by atoms with Crippen molar-refractivity contribution >= 4 is 38.6 Å². The number of para-hydroxylation sites is 1. The average molecular weight is 442 g/mol. The van der Waals surface area contributed by atoms with E-state index in [-0.39, 0.29) is 11.5 Å². The monoisotopic (exact) mass is 441 g/mol. The van der Waals surface area contributed by atoms with Gasteiger partial charge in [-0.1, -0.05) is 12.1 Å². The molecule has 1 amide bonds. The van der Waals surface area contributed by atoms with Crippen LogP contribution < -0.4 is 10.5 Å². The number of carbonyl (C=O) groups excluding carboxylic acids is 1. The number of amides is 1. The van der Waals surface area contributed by atoms with Crippen LogP contribution in [0.4, 0.5) is 5.82 Å². The van der Waals surface area contributed by atoms with Crippen LogP contribution in [0.25, 0.3) is 10.9 Å². The van der Waals surface area contributed by atoms with Gasteiger partial charge in [0.2, 0.25) is 5.91 Å². The maximum absolute atomic E-state index is 12.6. The molecule has 7 nitrogen and oxygen atoms in total. The number of halogens is 1. The molecule has 0 bridgehead atoms. The highest BCUT2D eigenvalue weighted by Crippen LogP contribution is 2.17. The van der Waals surface area contributed by atoms with Gasteiger partial charge in [0.1, 0.15) is 11.6 Å². The van der Waals surface area contributed by atoms with Gasteiger partial charge in [0.25, 0.3) is 5.56 Å². The predicted octanol–water partition coefficient (Wildman–Crippen LogP) is 2.36. The molecule has 4 rings (SSSR count). The van der Waals surface area contributed by atoms with Crippen LogP contribution in [0.1, 0.15) is 12.2 Å². The molecule has 0 unspecified atom stereocenters. The molecule has 144 valence electrons. The Morgan fingerprint density at radius 1 is 1.11 bits per heavy atom. The van der Waals surface area contributed by atoms with E-state index in [1.165, 1.54) is 0 Å². The third kappa shape index (κ3) is 4.06. The summed E-state index contributed by atoms with van der Waals surface area (Å²) < 4.78 is 0.949. The lowest BCUT2D eigenvalue weighted by Gasteiger charge is -2.35. The number of aromatic nitrogens is 3. The van der Waals surface area contributed by atoms with Crippen molar-refractivity contribution in [2.75, 3.05) is 31.1 Å². The number of pyridine rings is 1. The number of nitrogens with zero attached hydrogens (tertiary/aromatic N) is 4. The number of anilines is 1. The molecule has 0 spiro atoms. The normalized spacial score (nSPS) is 14.5. The summed E-state index contributed by atoms with van der Waals surface area (Å²) in [7, 11) is 0. The maximum atomic E-state index is 12.6. The minimum Gasteiger partial charge on any atom is -0.353 e. The van der Waals surface area contributed by atoms with Gasteiger partial charge in [-0.15, -0.1) is 0 Å². The number of piperazine rings is 1. The van der Waals surface area contributed by atoms with E-state index in [1.54, 1.807) is 12.3 Å². The third-order valence-corrected chi connectivity index (χ3v) is 5.37. The number of H-pyrrole nitrogens is 1. The van der Waals surface area contributed by atoms with E-state index in [0.717, 1.165) is 23.4 Å². The van der Waals surface area contributed by atoms with Gasteiger partial charge in [-0.3, -0.25) is 9.59 Å². The summed E-state index contributed by atoms with van der Waals surface area (Å²) in [5.41, 5.74) is 0.493. The Hall–Kier alpha value is -2.74. The molecule has 28 heavy (non-hydrogen) atoms. The van der Waals surface area contributed by atoms with Crippen LogP contribution in [0.5, 0.6) is 0 Å². The summed E-state index contributed by atoms with van der Waals surface area (Å²) in [5, 5.41) is 0.565. The SMILES string of the molecule is O=C(CCc1nc2ccccc2c(=O)[nH]1)N1CCN(c2ccc(Br)cn2)CC1. The second-order valence-corrected chi connectivity index (χ2v) is 7.65. The van der Waals surface area contributed by atoms with Crippen molar-refractivity contribution in [1.82, 2.24) is 19.9 Å². The number of benzene rings is 1. The molecule has 0 radical (unpaired) electrons. The van der Waals surface area contributed by atoms with Gasteiger partial charge in [0.15, 0.2) is 0 Å². The first-order valence-corrected chi connectivity index (χ1v) is 10.0. The van der Waals surface area contributed by atoms with Crippen molar-refractivity contribution in [3.63, 3.8) is 0 Å². The number of fused-ring (bicyclic) bond motifs is 1. The van der Waals surface area contributed by atoms with E-state index in [0.29, 0.717) is 42.7 Å². The highest BCUT2D eigenvalue weighted by atomic mass is 79.9. The largest absolute Gasteiger partial charge is 0.353 e. The van der Waals surface area contributed by atoms with Gasteiger partial charge in [-0.2, -0.15) is 0 Å². The van der Waals surface area contributed by atoms with Crippen molar-refractivity contribution in [1.29, 1.82) is 0 Å². The lowest BCUT2D eigenvalue weighted by molar-refractivity contribution is -0.131. The van der Waals surface area contributed by atoms with Crippen LogP contribution in [0.2, 0.25) is 0 Å². The number of nitrogens with one attached hydrogen (secondary N) is 1. The Bertz CT molecular complexity index is 1040. The molecule has 0 atom stereocenters. The van der Waals surface area contributed by atoms with Gasteiger partial charge >= 0.3 is 0 Å². The molecule has 1 fully saturated rings. The fourth-order valence-electron chi connectivity index (χ4n) is 3.38. The van der Waals surface area contributed by atoms with E-state index in [1.807, 2.05) is 35.2 Å². The summed E-state index contributed by atoms with van der Waals surface area (Å²) in [5.74, 6) is 1.56. The Morgan fingerprint density at radius 3 is 2.64 bits per heavy atom. The Kier molecular flexibility index (Phi) is 5.38. The van der Waals surface area contributed by atoms with Crippen LogP contribution >= 0.6 is 15.9 Å². The number of aromatic amines is 1. The fraction of sp³-hybridized carbons (Fsp3) is 0.300. The molecule has 1 saturated heterocycles. The van der Waals surface area contributed by atoms with Gasteiger partial charge in [0, 0.05) is 49.7 Å². The van der Waals surface area contributed by atoms with E-state index in [9.17, 15) is 9.59 Å². The van der Waals surface area contributed by atoms with Gasteiger partial charge in [-0.25, -0.2) is 9.97 Å². The molecule has 3 aromatic rings. The smallest absolute Gasteiger partial charge is 0.258 e. The van der Waals surface area contributed by atoms with Crippen LogP contribution in [-0.2, 0) is 11.2 Å². The zero-order valence-corrected chi connectivity index (χ0v) is 16.9. The maximum Gasteiger partial charge on any atom is 0.258 e. The molecule has 0 saturated carbocycles. The van der Waals surface area contributed by atoms with Crippen molar-refractivity contribution in [3.8, 4) is 0 Å². The lowest BCUT2D eigenvalue weighted by atomic mass is 10.2. The van der Waals surface area contributed by atoms with Crippen molar-refractivity contribution < 1.29 is 4.79 Å². The zero-order valence-electron chi connectivity index (χ0n) is 15.3. The highest BCUT2D eigenvalue weighted by molar-refractivity contribution is 9.10. The van der Waals surface area contributed by atoms with E-state index >= 15 is 0 Å². The molecule has 0 aliphatic carbocycles. The molecular weight excluding hydrogens is 422 g/mol. The van der Waals surface area contributed by atoms with Crippen molar-refractivity contribution in [2.45, 2.75) is 12.8 Å². The Morgan fingerprint density at radius 2 is 1.89 bits per heavy atom. The topological polar surface area (TPSA) is 82.2 Å². The van der Waals surface area contributed by atoms with Gasteiger partial charge in [0.05, 0.1) is 10.9 Å². The van der Waals surface area contributed by atoms with Crippen LogP contribution in [-0.4, -0.2) is 51.9 Å². The Labute approximate surface area is 170 Å². The van der Waals surface area contributed by atoms with Gasteiger partial charge < -0.3 is 14.8 Å². The quantitative estimate of drug-likeness (QED) is 0.671. The summed E-state index contributed by atoms with van der Waals surface area (Å²) >= 11 is 3.39. The van der Waals surface area contributed by atoms with E-state index in [2.05, 4.69) is 35.8 Å². The molecular formula is C20H20BrN5O2. The number of hydrogen-bond acceptors (Lipinski definition) is 5. The first-order valence-electron chi connectivity index (χ1n) is 9.22. The predicted molar refractivity (Wildman–Crippen MR) is 111 cm³/mol. The molecule has 8 heteroatoms. The highest BCUT2D eigenvalue weighted by Gasteiger charge is 2.21. The standard InChI is InChI=1S/C20H20BrN5O2/c21-14-5-7-18(22-13-14)25-9-11-26(12-10-25)19(27)8-6-17-23-16-4-2-1-3-15(16)20(28)24-17/h1-5,7,13H,6,8-12H2,(H,23,24,28). The summed E-state index contributed by atoms with van der Waals surface area (Å²) in [4.78, 5) is 40.4. The Balaban J connectivity index is 1.34. The summed E-state index contributed by atoms with van der Waals surface area (Å²) in [6.07, 6.45) is 2.54. The van der Waals surface area contributed by atoms with Crippen molar-refractivity contribution in [2.24, 2.45) is 0 Å². The average Bonchev–Trinajstić information content (AvgIpc) is 2.73. The fourth-order valence-corrected chi connectivity index (χ4v) is 3.61. The second-order valence-electron chi connectivity index (χ2n) is 6.73. The minimum atomic E-state index is -0.163. The molecule has 1 aromatic carbocycles. The van der Waals surface area contributed by atoms with Crippen molar-refractivity contribution in [3.05, 3.63) is 63.2 Å². The molecule has 1 N–H and O–H groups in total. The molecule has 2 aromatic heterocycles. The second kappa shape index (κ2) is 8.10. The zero-order chi connectivity index (χ0) is 19.5. The van der Waals surface area contributed by atoms with Crippen LogP contribution in [0, 0.1) is 0 Å². The number of aryl methyl sites for hydroxylation is 1. The first-order chi connectivity index (χ1) is 13.6. The summed E-state index contributed by atoms with van der Waals surface area (Å²) in [6, 6.07) is 11.2. The molecule has 1 aliphatic rings. The first kappa shape index (κ1) is 18.6. The van der Waals surface area contributed by atoms with Crippen LogP contribution in [0.3, 0.4) is 0 Å². The minimum absolute atomic E-state index is 0.0826. The number of hydrogen-bond donors (Lipinski definition) is 1. The molecule has 3 heterocycles. The van der Waals surface area contributed by atoms with E-state index < -0.39 is 0 Å². The van der Waals surface area contributed by atoms with E-state index in [4.69, 9.17) is 0 Å². The van der Waals surface area contributed by atoms with Crippen LogP contribution in [0.15, 0.2) is 51.9 Å². The lowest BCUT2D eigenvalue weighted by Crippen LogP contribution is -2.49. The number of carbonyl (C=O) groups is 1. The van der Waals surface area contributed by atoms with Gasteiger partial charge in [-0.05, 0) is 40.2 Å².